The molecule has 2 heterocycles. The lowest BCUT2D eigenvalue weighted by molar-refractivity contribution is 0.0949. The molecule has 0 atom stereocenters. The Morgan fingerprint density at radius 3 is 2.89 bits per heavy atom. The van der Waals surface area contributed by atoms with E-state index < -0.39 is 0 Å². The van der Waals surface area contributed by atoms with E-state index in [1.807, 2.05) is 35.7 Å². The van der Waals surface area contributed by atoms with Crippen LogP contribution in [0.4, 0.5) is 5.00 Å². The monoisotopic (exact) mass is 382 g/mol. The highest BCUT2D eigenvalue weighted by molar-refractivity contribution is 7.14. The van der Waals surface area contributed by atoms with Gasteiger partial charge in [0.2, 0.25) is 0 Å². The van der Waals surface area contributed by atoms with Gasteiger partial charge in [-0.3, -0.25) is 4.79 Å². The Morgan fingerprint density at radius 2 is 2.11 bits per heavy atom. The topological polar surface area (TPSA) is 63.8 Å². The van der Waals surface area contributed by atoms with E-state index in [9.17, 15) is 4.79 Å². The standard InChI is InChI=1S/C21H22N2O3S/c1-15(2)14-26-19-8-4-3-6-16(19)12-23-21-18(9-11-27-21)20(24)22-13-17-7-5-10-25-17/h3-12,15H,13-14H2,1-2H3,(H,22,24). The van der Waals surface area contributed by atoms with Crippen LogP contribution in [0.2, 0.25) is 0 Å². The second-order valence-corrected chi connectivity index (χ2v) is 7.30. The van der Waals surface area contributed by atoms with E-state index in [1.165, 1.54) is 11.3 Å². The molecule has 5 nitrogen and oxygen atoms in total. The van der Waals surface area contributed by atoms with Crippen molar-refractivity contribution in [2.24, 2.45) is 10.9 Å². The normalized spacial score (nSPS) is 11.2. The quantitative estimate of drug-likeness (QED) is 0.554. The van der Waals surface area contributed by atoms with Crippen molar-refractivity contribution in [3.63, 3.8) is 0 Å². The molecule has 3 aromatic rings. The summed E-state index contributed by atoms with van der Waals surface area (Å²) in [5.41, 5.74) is 1.43. The van der Waals surface area contributed by atoms with Gasteiger partial charge >= 0.3 is 0 Å². The summed E-state index contributed by atoms with van der Waals surface area (Å²) < 4.78 is 11.1. The van der Waals surface area contributed by atoms with Crippen molar-refractivity contribution in [1.82, 2.24) is 5.32 Å². The van der Waals surface area contributed by atoms with Crippen molar-refractivity contribution >= 4 is 28.5 Å². The Labute approximate surface area is 162 Å². The minimum absolute atomic E-state index is 0.177. The molecule has 0 saturated heterocycles. The van der Waals surface area contributed by atoms with E-state index in [1.54, 1.807) is 24.6 Å². The first-order valence-electron chi connectivity index (χ1n) is 8.77. The van der Waals surface area contributed by atoms with Crippen LogP contribution in [0.15, 0.2) is 63.5 Å². The molecule has 0 unspecified atom stereocenters. The molecule has 0 fully saturated rings. The van der Waals surface area contributed by atoms with E-state index in [0.29, 0.717) is 35.4 Å². The minimum Gasteiger partial charge on any atom is -0.493 e. The number of aliphatic imine (C=N–C) groups is 1. The maximum atomic E-state index is 12.4. The largest absolute Gasteiger partial charge is 0.493 e. The number of furan rings is 1. The third-order valence-electron chi connectivity index (χ3n) is 3.70. The Bertz CT molecular complexity index is 898. The van der Waals surface area contributed by atoms with Crippen LogP contribution in [0.25, 0.3) is 0 Å². The number of thiophene rings is 1. The molecule has 1 aromatic carbocycles. The molecule has 1 N–H and O–H groups in total. The fourth-order valence-corrected chi connectivity index (χ4v) is 3.09. The van der Waals surface area contributed by atoms with Gasteiger partial charge in [0, 0.05) is 11.8 Å². The third kappa shape index (κ3) is 5.31. The average Bonchev–Trinajstić information content (AvgIpc) is 3.35. The van der Waals surface area contributed by atoms with Crippen molar-refractivity contribution in [1.29, 1.82) is 0 Å². The van der Waals surface area contributed by atoms with Gasteiger partial charge in [0.1, 0.15) is 16.5 Å². The molecule has 0 aliphatic heterocycles. The Balaban J connectivity index is 1.70. The van der Waals surface area contributed by atoms with Gasteiger partial charge in [-0.2, -0.15) is 0 Å². The van der Waals surface area contributed by atoms with E-state index in [-0.39, 0.29) is 5.91 Å². The lowest BCUT2D eigenvalue weighted by Gasteiger charge is -2.10. The zero-order chi connectivity index (χ0) is 19.1. The number of nitrogens with zero attached hydrogens (tertiary/aromatic N) is 1. The first-order chi connectivity index (χ1) is 13.1. The molecule has 0 bridgehead atoms. The van der Waals surface area contributed by atoms with Crippen molar-refractivity contribution < 1.29 is 13.9 Å². The van der Waals surface area contributed by atoms with Crippen LogP contribution in [0.1, 0.15) is 35.5 Å². The Morgan fingerprint density at radius 1 is 1.26 bits per heavy atom. The number of ether oxygens (including phenoxy) is 1. The molecule has 0 aliphatic carbocycles. The van der Waals surface area contributed by atoms with Crippen molar-refractivity contribution in [2.45, 2.75) is 20.4 Å². The number of rotatable bonds is 8. The van der Waals surface area contributed by atoms with Gasteiger partial charge in [-0.1, -0.05) is 26.0 Å². The van der Waals surface area contributed by atoms with E-state index in [4.69, 9.17) is 9.15 Å². The molecule has 3 rings (SSSR count). The van der Waals surface area contributed by atoms with Gasteiger partial charge < -0.3 is 14.5 Å². The molecule has 0 saturated carbocycles. The number of carbonyl (C=O) groups excluding carboxylic acids is 1. The van der Waals surface area contributed by atoms with Gasteiger partial charge in [0.05, 0.1) is 25.0 Å². The summed E-state index contributed by atoms with van der Waals surface area (Å²) in [5.74, 6) is 1.76. The summed E-state index contributed by atoms with van der Waals surface area (Å²) in [6.45, 7) is 5.20. The fourth-order valence-electron chi connectivity index (χ4n) is 2.35. The van der Waals surface area contributed by atoms with E-state index in [2.05, 4.69) is 24.2 Å². The van der Waals surface area contributed by atoms with Crippen LogP contribution >= 0.6 is 11.3 Å². The highest BCUT2D eigenvalue weighted by atomic mass is 32.1. The second kappa shape index (κ2) is 9.19. The molecule has 0 radical (unpaired) electrons. The van der Waals surface area contributed by atoms with E-state index in [0.717, 1.165) is 11.3 Å². The maximum Gasteiger partial charge on any atom is 0.254 e. The summed E-state index contributed by atoms with van der Waals surface area (Å²) in [4.78, 5) is 17.0. The predicted octanol–water partition coefficient (Wildman–Crippen LogP) is 5.06. The summed E-state index contributed by atoms with van der Waals surface area (Å²) in [6, 6.07) is 13.1. The summed E-state index contributed by atoms with van der Waals surface area (Å²) >= 11 is 1.42. The molecule has 140 valence electrons. The number of hydrogen-bond acceptors (Lipinski definition) is 5. The Kier molecular flexibility index (Phi) is 6.44. The number of hydrogen-bond donors (Lipinski definition) is 1. The number of para-hydroxylation sites is 1. The zero-order valence-electron chi connectivity index (χ0n) is 15.3. The lowest BCUT2D eigenvalue weighted by Crippen LogP contribution is -2.22. The first kappa shape index (κ1) is 18.9. The number of carbonyl (C=O) groups is 1. The van der Waals surface area contributed by atoms with Crippen molar-refractivity contribution in [2.75, 3.05) is 6.61 Å². The fraction of sp³-hybridized carbons (Fsp3) is 0.238. The van der Waals surface area contributed by atoms with Crippen LogP contribution in [-0.2, 0) is 6.54 Å². The van der Waals surface area contributed by atoms with Crippen LogP contribution in [-0.4, -0.2) is 18.7 Å². The van der Waals surface area contributed by atoms with Crippen molar-refractivity contribution in [3.05, 3.63) is 71.0 Å². The van der Waals surface area contributed by atoms with Crippen molar-refractivity contribution in [3.8, 4) is 5.75 Å². The SMILES string of the molecule is CC(C)COc1ccccc1C=Nc1sccc1C(=O)NCc1ccco1. The predicted molar refractivity (Wildman–Crippen MR) is 108 cm³/mol. The first-order valence-corrected chi connectivity index (χ1v) is 9.65. The second-order valence-electron chi connectivity index (χ2n) is 6.40. The van der Waals surface area contributed by atoms with Gasteiger partial charge in [-0.15, -0.1) is 11.3 Å². The zero-order valence-corrected chi connectivity index (χ0v) is 16.2. The maximum absolute atomic E-state index is 12.4. The van der Waals surface area contributed by atoms with Gasteiger partial charge in [0.25, 0.3) is 5.91 Å². The highest BCUT2D eigenvalue weighted by Gasteiger charge is 2.12. The average molecular weight is 382 g/mol. The smallest absolute Gasteiger partial charge is 0.254 e. The van der Waals surface area contributed by atoms with E-state index >= 15 is 0 Å². The molecule has 0 aliphatic rings. The minimum atomic E-state index is -0.177. The molecule has 0 spiro atoms. The van der Waals surface area contributed by atoms with Gasteiger partial charge in [-0.25, -0.2) is 4.99 Å². The van der Waals surface area contributed by atoms with Crippen LogP contribution in [0.5, 0.6) is 5.75 Å². The summed E-state index contributed by atoms with van der Waals surface area (Å²) in [7, 11) is 0. The van der Waals surface area contributed by atoms with Crippen LogP contribution < -0.4 is 10.1 Å². The Hall–Kier alpha value is -2.86. The summed E-state index contributed by atoms with van der Waals surface area (Å²) in [6.07, 6.45) is 3.32. The number of nitrogens with one attached hydrogen (secondary N) is 1. The molecule has 27 heavy (non-hydrogen) atoms. The molecular formula is C21H22N2O3S. The lowest BCUT2D eigenvalue weighted by atomic mass is 10.2. The number of amides is 1. The third-order valence-corrected chi connectivity index (χ3v) is 4.53. The molecule has 6 heteroatoms. The molecule has 1 amide bonds. The van der Waals surface area contributed by atoms with Gasteiger partial charge in [-0.05, 0) is 41.6 Å². The summed E-state index contributed by atoms with van der Waals surface area (Å²) in [5, 5.41) is 5.36. The number of benzene rings is 1. The molecular weight excluding hydrogens is 360 g/mol. The molecule has 2 aromatic heterocycles. The highest BCUT2D eigenvalue weighted by Crippen LogP contribution is 2.27. The van der Waals surface area contributed by atoms with Crippen LogP contribution in [0, 0.1) is 5.92 Å². The van der Waals surface area contributed by atoms with Crippen LogP contribution in [0.3, 0.4) is 0 Å². The van der Waals surface area contributed by atoms with Gasteiger partial charge in [0.15, 0.2) is 0 Å².